The van der Waals surface area contributed by atoms with E-state index in [0.29, 0.717) is 6.42 Å². The molecule has 16 heavy (non-hydrogen) atoms. The van der Waals surface area contributed by atoms with E-state index < -0.39 is 18.6 Å². The maximum atomic E-state index is 11.5. The normalized spacial score (nSPS) is 22.4. The Morgan fingerprint density at radius 2 is 2.25 bits per heavy atom. The number of hydrogen-bond donors (Lipinski definition) is 4. The molecule has 6 nitrogen and oxygen atoms in total. The Morgan fingerprint density at radius 3 is 2.75 bits per heavy atom. The Bertz CT molecular complexity index is 251. The lowest BCUT2D eigenvalue weighted by molar-refractivity contribution is -0.143. The maximum Gasteiger partial charge on any atom is 0.328 e. The fraction of sp³-hybridized carbons (Fsp3) is 0.800. The molecule has 1 unspecified atom stereocenters. The molecule has 6 heteroatoms. The quantitative estimate of drug-likeness (QED) is 0.482. The molecule has 0 aromatic heterocycles. The number of aliphatic hydroxyl groups is 1. The van der Waals surface area contributed by atoms with Gasteiger partial charge in [-0.3, -0.25) is 4.79 Å². The summed E-state index contributed by atoms with van der Waals surface area (Å²) in [5, 5.41) is 22.9. The molecule has 1 aliphatic rings. The molecule has 0 aromatic rings. The van der Waals surface area contributed by atoms with Crippen LogP contribution in [-0.2, 0) is 9.59 Å². The summed E-state index contributed by atoms with van der Waals surface area (Å²) in [4.78, 5) is 22.0. The van der Waals surface area contributed by atoms with Crippen molar-refractivity contribution in [3.63, 3.8) is 0 Å². The summed E-state index contributed by atoms with van der Waals surface area (Å²) in [6.07, 6.45) is 2.34. The van der Waals surface area contributed by atoms with Gasteiger partial charge in [-0.1, -0.05) is 0 Å². The van der Waals surface area contributed by atoms with Gasteiger partial charge in [0.05, 0.1) is 6.61 Å². The molecular weight excluding hydrogens is 212 g/mol. The molecule has 0 aromatic carbocycles. The van der Waals surface area contributed by atoms with Gasteiger partial charge in [0.1, 0.15) is 6.04 Å². The molecule has 92 valence electrons. The van der Waals surface area contributed by atoms with Gasteiger partial charge in [-0.25, -0.2) is 4.79 Å². The highest BCUT2D eigenvalue weighted by Crippen LogP contribution is 2.13. The molecule has 2 atom stereocenters. The third-order valence-electron chi connectivity index (χ3n) is 2.69. The fourth-order valence-corrected chi connectivity index (χ4v) is 1.80. The largest absolute Gasteiger partial charge is 0.480 e. The minimum absolute atomic E-state index is 0.266. The van der Waals surface area contributed by atoms with Crippen LogP contribution in [0, 0.1) is 5.92 Å². The van der Waals surface area contributed by atoms with Crippen molar-refractivity contribution in [1.82, 2.24) is 10.6 Å². The molecule has 0 aliphatic carbocycles. The summed E-state index contributed by atoms with van der Waals surface area (Å²) in [5.41, 5.74) is 0. The van der Waals surface area contributed by atoms with Crippen molar-refractivity contribution in [2.24, 2.45) is 5.92 Å². The lowest BCUT2D eigenvalue weighted by Crippen LogP contribution is -2.44. The fourth-order valence-electron chi connectivity index (χ4n) is 1.80. The minimum Gasteiger partial charge on any atom is -0.480 e. The molecule has 1 heterocycles. The summed E-state index contributed by atoms with van der Waals surface area (Å²) in [6.45, 7) is 1.20. The first-order valence-electron chi connectivity index (χ1n) is 5.47. The lowest BCUT2D eigenvalue weighted by Gasteiger charge is -2.22. The standard InChI is InChI=1S/C10H18N2O4/c13-6-8(10(15)16)12-9(14)4-7-2-1-3-11-5-7/h7-8,11,13H,1-6H2,(H,12,14)(H,15,16)/t7?,8-/m1/s1. The average Bonchev–Trinajstić information content (AvgIpc) is 2.27. The van der Waals surface area contributed by atoms with Crippen molar-refractivity contribution in [2.45, 2.75) is 25.3 Å². The third kappa shape index (κ3) is 4.16. The van der Waals surface area contributed by atoms with Crippen LogP contribution in [0.2, 0.25) is 0 Å². The number of carboxylic acid groups (broad SMARTS) is 1. The zero-order chi connectivity index (χ0) is 12.0. The molecule has 1 saturated heterocycles. The van der Waals surface area contributed by atoms with Crippen LogP contribution in [0.5, 0.6) is 0 Å². The molecule has 0 bridgehead atoms. The molecule has 4 N–H and O–H groups in total. The third-order valence-corrected chi connectivity index (χ3v) is 2.69. The second kappa shape index (κ2) is 6.44. The number of carbonyl (C=O) groups is 2. The highest BCUT2D eigenvalue weighted by Gasteiger charge is 2.21. The first-order valence-corrected chi connectivity index (χ1v) is 5.47. The van der Waals surface area contributed by atoms with Crippen LogP contribution in [0.3, 0.4) is 0 Å². The van der Waals surface area contributed by atoms with Gasteiger partial charge >= 0.3 is 5.97 Å². The van der Waals surface area contributed by atoms with Gasteiger partial charge in [-0.2, -0.15) is 0 Å². The monoisotopic (exact) mass is 230 g/mol. The second-order valence-corrected chi connectivity index (χ2v) is 4.06. The number of nitrogens with one attached hydrogen (secondary N) is 2. The van der Waals surface area contributed by atoms with E-state index in [0.717, 1.165) is 25.9 Å². The van der Waals surface area contributed by atoms with Crippen molar-refractivity contribution in [3.8, 4) is 0 Å². The number of aliphatic hydroxyl groups excluding tert-OH is 1. The summed E-state index contributed by atoms with van der Waals surface area (Å²) >= 11 is 0. The van der Waals surface area contributed by atoms with Crippen LogP contribution in [0.25, 0.3) is 0 Å². The smallest absolute Gasteiger partial charge is 0.328 e. The van der Waals surface area contributed by atoms with Crippen LogP contribution in [-0.4, -0.2) is 47.8 Å². The van der Waals surface area contributed by atoms with E-state index in [1.165, 1.54) is 0 Å². The van der Waals surface area contributed by atoms with Crippen molar-refractivity contribution in [2.75, 3.05) is 19.7 Å². The summed E-state index contributed by atoms with van der Waals surface area (Å²) < 4.78 is 0. The van der Waals surface area contributed by atoms with Gasteiger partial charge < -0.3 is 20.8 Å². The lowest BCUT2D eigenvalue weighted by atomic mass is 9.96. The molecule has 1 aliphatic heterocycles. The van der Waals surface area contributed by atoms with Gasteiger partial charge in [0.25, 0.3) is 0 Å². The zero-order valence-corrected chi connectivity index (χ0v) is 9.11. The van der Waals surface area contributed by atoms with E-state index >= 15 is 0 Å². The number of carbonyl (C=O) groups excluding carboxylic acids is 1. The van der Waals surface area contributed by atoms with Crippen molar-refractivity contribution < 1.29 is 19.8 Å². The Morgan fingerprint density at radius 1 is 1.50 bits per heavy atom. The van der Waals surface area contributed by atoms with E-state index in [9.17, 15) is 9.59 Å². The molecule has 1 fully saturated rings. The Balaban J connectivity index is 2.31. The van der Waals surface area contributed by atoms with Gasteiger partial charge in [0.2, 0.25) is 5.91 Å². The van der Waals surface area contributed by atoms with Gasteiger partial charge in [-0.05, 0) is 31.8 Å². The SMILES string of the molecule is O=C(CC1CCCNC1)N[C@H](CO)C(=O)O. The number of hydrogen-bond acceptors (Lipinski definition) is 4. The average molecular weight is 230 g/mol. The topological polar surface area (TPSA) is 98.7 Å². The number of aliphatic carboxylic acids is 1. The van der Waals surface area contributed by atoms with Crippen molar-refractivity contribution in [1.29, 1.82) is 0 Å². The predicted molar refractivity (Wildman–Crippen MR) is 56.9 cm³/mol. The minimum atomic E-state index is -1.21. The first-order chi connectivity index (χ1) is 7.63. The Hall–Kier alpha value is -1.14. The number of carboxylic acids is 1. The second-order valence-electron chi connectivity index (χ2n) is 4.06. The number of amides is 1. The van der Waals surface area contributed by atoms with Gasteiger partial charge in [-0.15, -0.1) is 0 Å². The van der Waals surface area contributed by atoms with Crippen LogP contribution < -0.4 is 10.6 Å². The maximum absolute atomic E-state index is 11.5. The predicted octanol–water partition coefficient (Wildman–Crippen LogP) is -1.06. The molecule has 0 saturated carbocycles. The van der Waals surface area contributed by atoms with Crippen molar-refractivity contribution in [3.05, 3.63) is 0 Å². The van der Waals surface area contributed by atoms with E-state index in [1.807, 2.05) is 0 Å². The van der Waals surface area contributed by atoms with E-state index in [2.05, 4.69) is 10.6 Å². The van der Waals surface area contributed by atoms with Gasteiger partial charge in [0.15, 0.2) is 0 Å². The van der Waals surface area contributed by atoms with Crippen LogP contribution >= 0.6 is 0 Å². The molecule has 1 rings (SSSR count). The van der Waals surface area contributed by atoms with Crippen LogP contribution in [0.4, 0.5) is 0 Å². The summed E-state index contributed by atoms with van der Waals surface area (Å²) in [7, 11) is 0. The zero-order valence-electron chi connectivity index (χ0n) is 9.11. The molecular formula is C10H18N2O4. The van der Waals surface area contributed by atoms with Crippen LogP contribution in [0.15, 0.2) is 0 Å². The van der Waals surface area contributed by atoms with E-state index in [1.54, 1.807) is 0 Å². The van der Waals surface area contributed by atoms with E-state index in [4.69, 9.17) is 10.2 Å². The number of piperidine rings is 1. The molecule has 1 amide bonds. The Kier molecular flexibility index (Phi) is 5.21. The van der Waals surface area contributed by atoms with E-state index in [-0.39, 0.29) is 11.8 Å². The molecule has 0 spiro atoms. The highest BCUT2D eigenvalue weighted by molar-refractivity contribution is 5.83. The summed E-state index contributed by atoms with van der Waals surface area (Å²) in [6, 6.07) is -1.19. The van der Waals surface area contributed by atoms with Crippen molar-refractivity contribution >= 4 is 11.9 Å². The number of rotatable bonds is 5. The van der Waals surface area contributed by atoms with Crippen LogP contribution in [0.1, 0.15) is 19.3 Å². The van der Waals surface area contributed by atoms with Gasteiger partial charge in [0, 0.05) is 6.42 Å². The highest BCUT2D eigenvalue weighted by atomic mass is 16.4. The molecule has 0 radical (unpaired) electrons. The Labute approximate surface area is 94.0 Å². The first kappa shape index (κ1) is 12.9. The summed E-state index contributed by atoms with van der Waals surface area (Å²) in [5.74, 6) is -1.25.